The summed E-state index contributed by atoms with van der Waals surface area (Å²) in [5.41, 5.74) is 0.685. The Hall–Kier alpha value is -2.87. The summed E-state index contributed by atoms with van der Waals surface area (Å²) in [5, 5.41) is 0. The Balaban J connectivity index is 1.69. The van der Waals surface area contributed by atoms with E-state index in [-0.39, 0.29) is 18.1 Å². The standard InChI is InChI=1S/C20H17F2NO2/c1-3-11-25-14-9-7-13(8-10-14)23(2)20(24)16-12-15(16)19-17(21)5-4-6-18(19)22/h1,4-10,15-16H,11-12H2,2H3. The Kier molecular flexibility index (Phi) is 4.71. The first kappa shape index (κ1) is 17.0. The number of carbonyl (C=O) groups excluding carboxylic acids is 1. The fraction of sp³-hybridized carbons (Fsp3) is 0.250. The molecular weight excluding hydrogens is 324 g/mol. The minimum absolute atomic E-state index is 0.00674. The maximum absolute atomic E-state index is 13.9. The third-order valence-electron chi connectivity index (χ3n) is 4.35. The van der Waals surface area contributed by atoms with E-state index in [1.165, 1.54) is 23.1 Å². The molecule has 0 heterocycles. The van der Waals surface area contributed by atoms with Crippen molar-refractivity contribution in [3.05, 3.63) is 59.7 Å². The molecule has 0 bridgehead atoms. The van der Waals surface area contributed by atoms with Gasteiger partial charge in [-0.15, -0.1) is 6.42 Å². The van der Waals surface area contributed by atoms with Gasteiger partial charge in [0.2, 0.25) is 5.91 Å². The van der Waals surface area contributed by atoms with Gasteiger partial charge in [-0.05, 0) is 42.8 Å². The minimum Gasteiger partial charge on any atom is -0.481 e. The van der Waals surface area contributed by atoms with Gasteiger partial charge in [0.05, 0.1) is 0 Å². The van der Waals surface area contributed by atoms with Gasteiger partial charge in [0, 0.05) is 30.1 Å². The van der Waals surface area contributed by atoms with Crippen LogP contribution in [0.15, 0.2) is 42.5 Å². The van der Waals surface area contributed by atoms with Crippen molar-refractivity contribution in [2.75, 3.05) is 18.6 Å². The molecule has 128 valence electrons. The molecule has 1 aliphatic rings. The van der Waals surface area contributed by atoms with E-state index in [2.05, 4.69) is 5.92 Å². The molecule has 25 heavy (non-hydrogen) atoms. The highest BCUT2D eigenvalue weighted by atomic mass is 19.1. The van der Waals surface area contributed by atoms with Gasteiger partial charge in [0.15, 0.2) is 0 Å². The zero-order valence-corrected chi connectivity index (χ0v) is 13.7. The predicted molar refractivity (Wildman–Crippen MR) is 91.4 cm³/mol. The molecule has 5 heteroatoms. The summed E-state index contributed by atoms with van der Waals surface area (Å²) in [6.45, 7) is 0.173. The van der Waals surface area contributed by atoms with Crippen LogP contribution in [0, 0.1) is 29.9 Å². The molecule has 2 aromatic rings. The van der Waals surface area contributed by atoms with Gasteiger partial charge in [-0.1, -0.05) is 12.0 Å². The second kappa shape index (κ2) is 6.94. The molecule has 0 spiro atoms. The second-order valence-corrected chi connectivity index (χ2v) is 5.97. The number of ether oxygens (including phenoxy) is 1. The van der Waals surface area contributed by atoms with Crippen LogP contribution in [0.1, 0.15) is 17.9 Å². The highest BCUT2D eigenvalue weighted by Gasteiger charge is 2.47. The fourth-order valence-electron chi connectivity index (χ4n) is 2.92. The van der Waals surface area contributed by atoms with Crippen LogP contribution in [0.25, 0.3) is 0 Å². The molecule has 0 N–H and O–H groups in total. The topological polar surface area (TPSA) is 29.5 Å². The van der Waals surface area contributed by atoms with Crippen LogP contribution in [-0.4, -0.2) is 19.6 Å². The lowest BCUT2D eigenvalue weighted by Crippen LogP contribution is -2.28. The van der Waals surface area contributed by atoms with Crippen molar-refractivity contribution in [1.82, 2.24) is 0 Å². The monoisotopic (exact) mass is 341 g/mol. The fourth-order valence-corrected chi connectivity index (χ4v) is 2.92. The molecule has 1 amide bonds. The van der Waals surface area contributed by atoms with Gasteiger partial charge >= 0.3 is 0 Å². The Labute approximate surface area is 145 Å². The van der Waals surface area contributed by atoms with Gasteiger partial charge in [0.1, 0.15) is 24.0 Å². The zero-order valence-electron chi connectivity index (χ0n) is 13.7. The Morgan fingerprint density at radius 2 is 1.88 bits per heavy atom. The van der Waals surface area contributed by atoms with E-state index < -0.39 is 23.5 Å². The molecule has 1 fully saturated rings. The van der Waals surface area contributed by atoms with E-state index >= 15 is 0 Å². The number of terminal acetylenes is 1. The summed E-state index contributed by atoms with van der Waals surface area (Å²) in [4.78, 5) is 14.1. The summed E-state index contributed by atoms with van der Waals surface area (Å²) in [7, 11) is 1.65. The van der Waals surface area contributed by atoms with Crippen LogP contribution in [0.3, 0.4) is 0 Å². The first-order valence-electron chi connectivity index (χ1n) is 7.90. The molecular formula is C20H17F2NO2. The lowest BCUT2D eigenvalue weighted by Gasteiger charge is -2.18. The number of amides is 1. The van der Waals surface area contributed by atoms with Crippen molar-refractivity contribution in [3.8, 4) is 18.1 Å². The quantitative estimate of drug-likeness (QED) is 0.776. The summed E-state index contributed by atoms with van der Waals surface area (Å²) in [5.74, 6) is 0.811. The number of hydrogen-bond donors (Lipinski definition) is 0. The normalized spacial score (nSPS) is 18.3. The maximum Gasteiger partial charge on any atom is 0.230 e. The molecule has 0 radical (unpaired) electrons. The smallest absolute Gasteiger partial charge is 0.230 e. The number of carbonyl (C=O) groups is 1. The van der Waals surface area contributed by atoms with Crippen LogP contribution < -0.4 is 9.64 Å². The molecule has 3 rings (SSSR count). The van der Waals surface area contributed by atoms with Crippen LogP contribution in [-0.2, 0) is 4.79 Å². The van der Waals surface area contributed by atoms with E-state index in [4.69, 9.17) is 11.2 Å². The van der Waals surface area contributed by atoms with E-state index in [0.29, 0.717) is 17.9 Å². The summed E-state index contributed by atoms with van der Waals surface area (Å²) >= 11 is 0. The van der Waals surface area contributed by atoms with Gasteiger partial charge < -0.3 is 9.64 Å². The number of hydrogen-bond acceptors (Lipinski definition) is 2. The van der Waals surface area contributed by atoms with Gasteiger partial charge in [-0.25, -0.2) is 8.78 Å². The van der Waals surface area contributed by atoms with Crippen LogP contribution >= 0.6 is 0 Å². The zero-order chi connectivity index (χ0) is 18.0. The van der Waals surface area contributed by atoms with Gasteiger partial charge in [-0.3, -0.25) is 4.79 Å². The lowest BCUT2D eigenvalue weighted by molar-refractivity contribution is -0.119. The van der Waals surface area contributed by atoms with E-state index in [1.807, 2.05) is 0 Å². The molecule has 2 aromatic carbocycles. The Morgan fingerprint density at radius 1 is 1.24 bits per heavy atom. The molecule has 0 saturated heterocycles. The predicted octanol–water partition coefficient (Wildman–Crippen LogP) is 3.74. The molecule has 1 saturated carbocycles. The average molecular weight is 341 g/mol. The van der Waals surface area contributed by atoms with Gasteiger partial charge in [0.25, 0.3) is 0 Å². The third kappa shape index (κ3) is 3.48. The largest absolute Gasteiger partial charge is 0.481 e. The third-order valence-corrected chi connectivity index (χ3v) is 4.35. The summed E-state index contributed by atoms with van der Waals surface area (Å²) < 4.78 is 33.0. The van der Waals surface area contributed by atoms with Crippen molar-refractivity contribution in [2.24, 2.45) is 5.92 Å². The van der Waals surface area contributed by atoms with E-state index in [1.54, 1.807) is 31.3 Å². The van der Waals surface area contributed by atoms with Crippen molar-refractivity contribution in [1.29, 1.82) is 0 Å². The average Bonchev–Trinajstić information content (AvgIpc) is 3.39. The van der Waals surface area contributed by atoms with Gasteiger partial charge in [-0.2, -0.15) is 0 Å². The van der Waals surface area contributed by atoms with Crippen molar-refractivity contribution in [2.45, 2.75) is 12.3 Å². The molecule has 2 atom stereocenters. The van der Waals surface area contributed by atoms with E-state index in [0.717, 1.165) is 0 Å². The number of halogens is 2. The first-order valence-corrected chi connectivity index (χ1v) is 7.90. The number of nitrogens with zero attached hydrogens (tertiary/aromatic N) is 1. The molecule has 2 unspecified atom stereocenters. The lowest BCUT2D eigenvalue weighted by atomic mass is 10.1. The summed E-state index contributed by atoms with van der Waals surface area (Å²) in [6, 6.07) is 10.7. The number of benzene rings is 2. The highest BCUT2D eigenvalue weighted by Crippen LogP contribution is 2.50. The van der Waals surface area contributed by atoms with Crippen molar-refractivity contribution in [3.63, 3.8) is 0 Å². The summed E-state index contributed by atoms with van der Waals surface area (Å²) in [6.07, 6.45) is 5.58. The SMILES string of the molecule is C#CCOc1ccc(N(C)C(=O)C2CC2c2c(F)cccc2F)cc1. The number of anilines is 1. The van der Waals surface area contributed by atoms with Crippen LogP contribution in [0.2, 0.25) is 0 Å². The maximum atomic E-state index is 13.9. The molecule has 3 nitrogen and oxygen atoms in total. The molecule has 1 aliphatic carbocycles. The van der Waals surface area contributed by atoms with E-state index in [9.17, 15) is 13.6 Å². The van der Waals surface area contributed by atoms with Crippen LogP contribution in [0.5, 0.6) is 5.75 Å². The highest BCUT2D eigenvalue weighted by molar-refractivity contribution is 5.97. The Morgan fingerprint density at radius 3 is 2.48 bits per heavy atom. The van der Waals surface area contributed by atoms with Crippen LogP contribution in [0.4, 0.5) is 14.5 Å². The van der Waals surface area contributed by atoms with Crippen molar-refractivity contribution >= 4 is 11.6 Å². The minimum atomic E-state index is -0.599. The van der Waals surface area contributed by atoms with Crippen molar-refractivity contribution < 1.29 is 18.3 Å². The second-order valence-electron chi connectivity index (χ2n) is 5.97. The number of rotatable bonds is 5. The Bertz CT molecular complexity index is 806. The molecule has 0 aromatic heterocycles. The molecule has 0 aliphatic heterocycles. The first-order chi connectivity index (χ1) is 12.0.